The van der Waals surface area contributed by atoms with Crippen LogP contribution in [0.2, 0.25) is 0 Å². The molecule has 252 valence electrons. The van der Waals surface area contributed by atoms with Gasteiger partial charge in [0.1, 0.15) is 35.0 Å². The van der Waals surface area contributed by atoms with Gasteiger partial charge in [-0.3, -0.25) is 4.79 Å². The number of methoxy groups -OCH3 is 1. The minimum Gasteiger partial charge on any atom is -0.453 e. The summed E-state index contributed by atoms with van der Waals surface area (Å²) in [7, 11) is 1.25. The number of nitrogens with zero attached hydrogens (tertiary/aromatic N) is 4. The maximum absolute atomic E-state index is 15.6. The molecule has 2 aromatic carbocycles. The number of hydrogen-bond acceptors (Lipinski definition) is 7. The Morgan fingerprint density at radius 1 is 0.938 bits per heavy atom. The fraction of sp³-hybridized carbons (Fsp3) is 0.429. The van der Waals surface area contributed by atoms with E-state index in [4.69, 9.17) is 4.74 Å². The number of benzene rings is 2. The number of imidazole rings is 2. The molecule has 7 rings (SSSR count). The zero-order valence-corrected chi connectivity index (χ0v) is 26.8. The Hall–Kier alpha value is -4.78. The molecule has 2 amide bonds. The molecular formula is C35H40F2N8O3. The minimum atomic E-state index is -0.944. The van der Waals surface area contributed by atoms with E-state index in [2.05, 4.69) is 30.6 Å². The van der Waals surface area contributed by atoms with Crippen LogP contribution in [0.25, 0.3) is 11.3 Å². The van der Waals surface area contributed by atoms with Gasteiger partial charge in [0.15, 0.2) is 0 Å². The minimum absolute atomic E-state index is 0.0185. The standard InChI is InChI=1S/C35H40F2N8O3/c1-48-35(47)43-30(22-7-3-2-4-8-22)34(46)45-14-6-10-29(45)33-40-20-28(42-33)23-17-24(36)31(25(37)18-23)44-15-11-21(12-16-44)27-19-39-32(41-27)26-9-5-13-38-26/h2-4,7-8,17-21,26,29-30,38H,5-6,9-16H2,1H3,(H,39,41)(H,40,42)(H,43,47)/t26-,29-,30+/m0/s1. The maximum Gasteiger partial charge on any atom is 0.407 e. The Balaban J connectivity index is 1.04. The van der Waals surface area contributed by atoms with Crippen molar-refractivity contribution in [1.82, 2.24) is 35.5 Å². The predicted molar refractivity (Wildman–Crippen MR) is 175 cm³/mol. The van der Waals surface area contributed by atoms with Crippen LogP contribution in [0.4, 0.5) is 19.3 Å². The first kappa shape index (κ1) is 31.8. The number of alkyl carbamates (subject to hydrolysis) is 1. The third-order valence-electron chi connectivity index (χ3n) is 9.86. The Bertz CT molecular complexity index is 1720. The molecule has 2 aromatic heterocycles. The lowest BCUT2D eigenvalue weighted by atomic mass is 9.93. The summed E-state index contributed by atoms with van der Waals surface area (Å²) in [6.07, 6.45) is 7.86. The molecule has 48 heavy (non-hydrogen) atoms. The number of ether oxygens (including phenoxy) is 1. The third kappa shape index (κ3) is 6.38. The highest BCUT2D eigenvalue weighted by atomic mass is 19.1. The quantitative estimate of drug-likeness (QED) is 0.193. The van der Waals surface area contributed by atoms with Gasteiger partial charge < -0.3 is 35.1 Å². The summed E-state index contributed by atoms with van der Waals surface area (Å²) in [6.45, 7) is 2.54. The summed E-state index contributed by atoms with van der Waals surface area (Å²) in [6, 6.07) is 10.6. The highest BCUT2D eigenvalue weighted by molar-refractivity contribution is 5.87. The van der Waals surface area contributed by atoms with E-state index >= 15 is 8.78 Å². The number of H-pyrrole nitrogens is 2. The first-order valence-electron chi connectivity index (χ1n) is 16.7. The van der Waals surface area contributed by atoms with Crippen molar-refractivity contribution in [2.24, 2.45) is 0 Å². The smallest absolute Gasteiger partial charge is 0.407 e. The number of aromatic amines is 2. The molecule has 5 heterocycles. The molecule has 3 aliphatic heterocycles. The van der Waals surface area contributed by atoms with Crippen molar-refractivity contribution in [3.8, 4) is 11.3 Å². The van der Waals surface area contributed by atoms with Crippen LogP contribution in [0.5, 0.6) is 0 Å². The maximum atomic E-state index is 15.6. The number of carbonyl (C=O) groups is 2. The van der Waals surface area contributed by atoms with E-state index in [1.54, 1.807) is 34.1 Å². The second-order valence-electron chi connectivity index (χ2n) is 12.8. The molecule has 0 saturated carbocycles. The monoisotopic (exact) mass is 658 g/mol. The molecule has 3 fully saturated rings. The van der Waals surface area contributed by atoms with Crippen LogP contribution in [0.1, 0.15) is 85.5 Å². The van der Waals surface area contributed by atoms with Gasteiger partial charge in [0.25, 0.3) is 5.91 Å². The summed E-state index contributed by atoms with van der Waals surface area (Å²) in [4.78, 5) is 45.2. The van der Waals surface area contributed by atoms with E-state index in [-0.39, 0.29) is 23.6 Å². The fourth-order valence-electron chi connectivity index (χ4n) is 7.33. The van der Waals surface area contributed by atoms with Gasteiger partial charge >= 0.3 is 6.09 Å². The van der Waals surface area contributed by atoms with E-state index in [1.165, 1.54) is 25.4 Å². The molecule has 13 heteroatoms. The van der Waals surface area contributed by atoms with Crippen molar-refractivity contribution in [3.05, 3.63) is 89.4 Å². The summed E-state index contributed by atoms with van der Waals surface area (Å²) in [5.74, 6) is 0.188. The number of amides is 2. The molecule has 11 nitrogen and oxygen atoms in total. The largest absolute Gasteiger partial charge is 0.453 e. The van der Waals surface area contributed by atoms with Gasteiger partial charge in [0.2, 0.25) is 0 Å². The van der Waals surface area contributed by atoms with Gasteiger partial charge in [-0.05, 0) is 62.8 Å². The van der Waals surface area contributed by atoms with E-state index in [0.717, 1.165) is 50.2 Å². The molecular weight excluding hydrogens is 618 g/mol. The lowest BCUT2D eigenvalue weighted by Gasteiger charge is -2.33. The lowest BCUT2D eigenvalue weighted by molar-refractivity contribution is -0.134. The van der Waals surface area contributed by atoms with Gasteiger partial charge in [0.05, 0.1) is 31.1 Å². The molecule has 4 aromatic rings. The first-order chi connectivity index (χ1) is 23.4. The van der Waals surface area contributed by atoms with Crippen LogP contribution < -0.4 is 15.5 Å². The summed E-state index contributed by atoms with van der Waals surface area (Å²) in [5, 5.41) is 6.11. The van der Waals surface area contributed by atoms with Crippen LogP contribution in [-0.2, 0) is 9.53 Å². The average molecular weight is 659 g/mol. The SMILES string of the molecule is COC(=O)N[C@@H](C(=O)N1CCC[C@H]1c1ncc(-c2cc(F)c(N3CCC(c4cnc([C@@H]5CCCN5)[nH]4)CC3)c(F)c2)[nH]1)c1ccccc1. The van der Waals surface area contributed by atoms with Gasteiger partial charge in [-0.25, -0.2) is 23.5 Å². The highest BCUT2D eigenvalue weighted by Gasteiger charge is 2.37. The third-order valence-corrected chi connectivity index (χ3v) is 9.86. The summed E-state index contributed by atoms with van der Waals surface area (Å²) < 4.78 is 36.0. The highest BCUT2D eigenvalue weighted by Crippen LogP contribution is 2.37. The molecule has 0 bridgehead atoms. The van der Waals surface area contributed by atoms with Crippen LogP contribution in [0, 0.1) is 11.6 Å². The number of nitrogens with one attached hydrogen (secondary N) is 4. The number of aromatic nitrogens is 4. The van der Waals surface area contributed by atoms with E-state index in [9.17, 15) is 9.59 Å². The normalized spacial score (nSPS) is 20.6. The fourth-order valence-corrected chi connectivity index (χ4v) is 7.33. The van der Waals surface area contributed by atoms with Crippen LogP contribution in [0.15, 0.2) is 54.9 Å². The Morgan fingerprint density at radius 2 is 1.69 bits per heavy atom. The Kier molecular flexibility index (Phi) is 9.11. The zero-order valence-electron chi connectivity index (χ0n) is 26.8. The Labute approximate surface area is 277 Å². The molecule has 4 N–H and O–H groups in total. The topological polar surface area (TPSA) is 131 Å². The predicted octanol–water partition coefficient (Wildman–Crippen LogP) is 5.65. The lowest BCUT2D eigenvalue weighted by Crippen LogP contribution is -2.42. The number of likely N-dealkylation sites (tertiary alicyclic amines) is 1. The van der Waals surface area contributed by atoms with Crippen molar-refractivity contribution in [1.29, 1.82) is 0 Å². The number of carbonyl (C=O) groups excluding carboxylic acids is 2. The molecule has 3 saturated heterocycles. The average Bonchev–Trinajstić information content (AvgIpc) is 3.94. The molecule has 0 radical (unpaired) electrons. The zero-order chi connectivity index (χ0) is 33.2. The summed E-state index contributed by atoms with van der Waals surface area (Å²) >= 11 is 0. The van der Waals surface area contributed by atoms with Crippen molar-refractivity contribution >= 4 is 17.7 Å². The number of anilines is 1. The van der Waals surface area contributed by atoms with E-state index in [1.807, 2.05) is 12.3 Å². The molecule has 0 spiro atoms. The van der Waals surface area contributed by atoms with Crippen molar-refractivity contribution in [2.45, 2.75) is 62.6 Å². The van der Waals surface area contributed by atoms with Gasteiger partial charge in [-0.15, -0.1) is 0 Å². The van der Waals surface area contributed by atoms with Gasteiger partial charge in [0, 0.05) is 43.0 Å². The second kappa shape index (κ2) is 13.8. The van der Waals surface area contributed by atoms with Gasteiger partial charge in [-0.2, -0.15) is 0 Å². The molecule has 3 atom stereocenters. The first-order valence-corrected chi connectivity index (χ1v) is 16.7. The number of hydrogen-bond donors (Lipinski definition) is 4. The molecule has 3 aliphatic rings. The second-order valence-corrected chi connectivity index (χ2v) is 12.8. The summed E-state index contributed by atoms with van der Waals surface area (Å²) in [5.41, 5.74) is 2.48. The number of halogens is 2. The number of rotatable bonds is 8. The van der Waals surface area contributed by atoms with E-state index in [0.29, 0.717) is 48.7 Å². The van der Waals surface area contributed by atoms with Crippen molar-refractivity contribution < 1.29 is 23.1 Å². The Morgan fingerprint density at radius 3 is 2.40 bits per heavy atom. The van der Waals surface area contributed by atoms with Crippen LogP contribution >= 0.6 is 0 Å². The van der Waals surface area contributed by atoms with Crippen molar-refractivity contribution in [3.63, 3.8) is 0 Å². The van der Waals surface area contributed by atoms with Crippen LogP contribution in [0.3, 0.4) is 0 Å². The number of piperidine rings is 1. The van der Waals surface area contributed by atoms with E-state index < -0.39 is 29.8 Å². The van der Waals surface area contributed by atoms with Crippen molar-refractivity contribution in [2.75, 3.05) is 38.2 Å². The molecule has 0 unspecified atom stereocenters. The molecule has 0 aliphatic carbocycles. The van der Waals surface area contributed by atoms with Crippen LogP contribution in [-0.4, -0.2) is 70.1 Å². The van der Waals surface area contributed by atoms with Gasteiger partial charge in [-0.1, -0.05) is 30.3 Å².